The maximum absolute atomic E-state index is 8.73. The van der Waals surface area contributed by atoms with Crippen LogP contribution >= 0.6 is 0 Å². The minimum atomic E-state index is -0.640. The molecular weight excluding hydrogens is 118 g/mol. The van der Waals surface area contributed by atoms with Crippen LogP contribution in [0.25, 0.3) is 0 Å². The van der Waals surface area contributed by atoms with Crippen LogP contribution in [0.4, 0.5) is 0 Å². The molecule has 0 rings (SSSR count). The third-order valence-corrected chi connectivity index (χ3v) is 1.04. The fraction of sp³-hybridized carbons (Fsp3) is 0.833. The van der Waals surface area contributed by atoms with Gasteiger partial charge >= 0.3 is 0 Å². The van der Waals surface area contributed by atoms with Crippen molar-refractivity contribution in [2.45, 2.75) is 25.4 Å². The summed E-state index contributed by atoms with van der Waals surface area (Å²) in [5, 5.41) is 25.1. The molecular formula is C6H11NO2. The third-order valence-electron chi connectivity index (χ3n) is 1.04. The monoisotopic (exact) mass is 129 g/mol. The lowest BCUT2D eigenvalue weighted by molar-refractivity contribution is 0.0869. The van der Waals surface area contributed by atoms with Gasteiger partial charge in [0, 0.05) is 6.42 Å². The summed E-state index contributed by atoms with van der Waals surface area (Å²) in [6, 6.07) is 1.95. The molecule has 0 heterocycles. The van der Waals surface area contributed by atoms with Crippen molar-refractivity contribution in [3.63, 3.8) is 0 Å². The summed E-state index contributed by atoms with van der Waals surface area (Å²) in [6.45, 7) is -0.203. The molecule has 0 bridgehead atoms. The van der Waals surface area contributed by atoms with Gasteiger partial charge in [0.2, 0.25) is 0 Å². The van der Waals surface area contributed by atoms with Crippen molar-refractivity contribution >= 4 is 0 Å². The number of hydrogen-bond donors (Lipinski definition) is 2. The van der Waals surface area contributed by atoms with E-state index in [4.69, 9.17) is 15.5 Å². The van der Waals surface area contributed by atoms with Crippen LogP contribution < -0.4 is 0 Å². The first kappa shape index (κ1) is 8.41. The molecule has 0 amide bonds. The number of rotatable bonds is 4. The van der Waals surface area contributed by atoms with Crippen molar-refractivity contribution < 1.29 is 10.2 Å². The van der Waals surface area contributed by atoms with Gasteiger partial charge in [0.25, 0.3) is 0 Å². The SMILES string of the molecule is N#CCCC[C@H](O)CO. The van der Waals surface area contributed by atoms with Crippen LogP contribution in [0.3, 0.4) is 0 Å². The molecule has 0 aliphatic rings. The molecule has 0 spiro atoms. The van der Waals surface area contributed by atoms with Gasteiger partial charge in [0.05, 0.1) is 18.8 Å². The molecule has 2 N–H and O–H groups in total. The average molecular weight is 129 g/mol. The number of nitriles is 1. The smallest absolute Gasteiger partial charge is 0.0771 e. The number of nitrogens with zero attached hydrogens (tertiary/aromatic N) is 1. The summed E-state index contributed by atoms with van der Waals surface area (Å²) in [5.41, 5.74) is 0. The van der Waals surface area contributed by atoms with E-state index in [0.29, 0.717) is 19.3 Å². The largest absolute Gasteiger partial charge is 0.394 e. The van der Waals surface area contributed by atoms with Gasteiger partial charge in [-0.2, -0.15) is 5.26 Å². The zero-order valence-electron chi connectivity index (χ0n) is 5.25. The minimum Gasteiger partial charge on any atom is -0.394 e. The maximum atomic E-state index is 8.73. The predicted octanol–water partition coefficient (Wildman–Crippen LogP) is 0.0335. The van der Waals surface area contributed by atoms with E-state index >= 15 is 0 Å². The van der Waals surface area contributed by atoms with Crippen molar-refractivity contribution in [2.75, 3.05) is 6.61 Å². The summed E-state index contributed by atoms with van der Waals surface area (Å²) in [4.78, 5) is 0. The highest BCUT2D eigenvalue weighted by molar-refractivity contribution is 4.69. The zero-order valence-corrected chi connectivity index (χ0v) is 5.25. The molecule has 0 unspecified atom stereocenters. The number of aliphatic hydroxyl groups excluding tert-OH is 2. The lowest BCUT2D eigenvalue weighted by Gasteiger charge is -2.02. The molecule has 0 saturated carbocycles. The van der Waals surface area contributed by atoms with Crippen molar-refractivity contribution in [1.82, 2.24) is 0 Å². The van der Waals surface area contributed by atoms with Gasteiger partial charge in [-0.15, -0.1) is 0 Å². The van der Waals surface area contributed by atoms with E-state index in [9.17, 15) is 0 Å². The van der Waals surface area contributed by atoms with Crippen LogP contribution in [0.1, 0.15) is 19.3 Å². The van der Waals surface area contributed by atoms with Gasteiger partial charge in [-0.05, 0) is 12.8 Å². The van der Waals surface area contributed by atoms with Crippen LogP contribution in [0.2, 0.25) is 0 Å². The Morgan fingerprint density at radius 1 is 1.56 bits per heavy atom. The fourth-order valence-electron chi connectivity index (χ4n) is 0.508. The third kappa shape index (κ3) is 5.28. The number of aliphatic hydroxyl groups is 2. The maximum Gasteiger partial charge on any atom is 0.0771 e. The molecule has 0 saturated heterocycles. The first-order valence-corrected chi connectivity index (χ1v) is 2.97. The highest BCUT2D eigenvalue weighted by Gasteiger charge is 1.99. The quantitative estimate of drug-likeness (QED) is 0.526. The second kappa shape index (κ2) is 5.54. The van der Waals surface area contributed by atoms with Gasteiger partial charge in [-0.1, -0.05) is 0 Å². The topological polar surface area (TPSA) is 64.2 Å². The Balaban J connectivity index is 2.99. The van der Waals surface area contributed by atoms with E-state index in [2.05, 4.69) is 0 Å². The van der Waals surface area contributed by atoms with Crippen LogP contribution in [-0.2, 0) is 0 Å². The van der Waals surface area contributed by atoms with E-state index < -0.39 is 6.10 Å². The molecule has 0 aliphatic heterocycles. The molecule has 9 heavy (non-hydrogen) atoms. The van der Waals surface area contributed by atoms with Crippen LogP contribution in [0.5, 0.6) is 0 Å². The summed E-state index contributed by atoms with van der Waals surface area (Å²) in [7, 11) is 0. The Labute approximate surface area is 54.5 Å². The van der Waals surface area contributed by atoms with Gasteiger partial charge in [-0.3, -0.25) is 0 Å². The number of unbranched alkanes of at least 4 members (excludes halogenated alkanes) is 1. The Kier molecular flexibility index (Phi) is 5.18. The first-order valence-electron chi connectivity index (χ1n) is 2.97. The highest BCUT2D eigenvalue weighted by Crippen LogP contribution is 1.97. The molecule has 0 aromatic heterocycles. The minimum absolute atomic E-state index is 0.203. The van der Waals surface area contributed by atoms with E-state index in [1.165, 1.54) is 0 Å². The Hall–Kier alpha value is -0.590. The first-order chi connectivity index (χ1) is 4.31. The summed E-state index contributed by atoms with van der Waals surface area (Å²) >= 11 is 0. The molecule has 0 aliphatic carbocycles. The van der Waals surface area contributed by atoms with Gasteiger partial charge < -0.3 is 10.2 Å². The second-order valence-corrected chi connectivity index (χ2v) is 1.89. The van der Waals surface area contributed by atoms with Crippen LogP contribution in [0.15, 0.2) is 0 Å². The van der Waals surface area contributed by atoms with E-state index in [1.54, 1.807) is 0 Å². The van der Waals surface area contributed by atoms with Crippen molar-refractivity contribution in [3.05, 3.63) is 0 Å². The highest BCUT2D eigenvalue weighted by atomic mass is 16.3. The fourth-order valence-corrected chi connectivity index (χ4v) is 0.508. The Bertz CT molecular complexity index is 97.7. The van der Waals surface area contributed by atoms with Crippen LogP contribution in [-0.4, -0.2) is 22.9 Å². The molecule has 0 radical (unpaired) electrons. The van der Waals surface area contributed by atoms with Crippen molar-refractivity contribution in [2.24, 2.45) is 0 Å². The molecule has 3 nitrogen and oxygen atoms in total. The summed E-state index contributed by atoms with van der Waals surface area (Å²) in [5.74, 6) is 0. The summed E-state index contributed by atoms with van der Waals surface area (Å²) < 4.78 is 0. The molecule has 0 fully saturated rings. The molecule has 3 heteroatoms. The Morgan fingerprint density at radius 3 is 2.67 bits per heavy atom. The van der Waals surface area contributed by atoms with Crippen molar-refractivity contribution in [3.8, 4) is 6.07 Å². The lowest BCUT2D eigenvalue weighted by atomic mass is 10.2. The molecule has 0 aromatic carbocycles. The van der Waals surface area contributed by atoms with E-state index in [1.807, 2.05) is 6.07 Å². The lowest BCUT2D eigenvalue weighted by Crippen LogP contribution is -2.10. The normalized spacial score (nSPS) is 12.6. The van der Waals surface area contributed by atoms with Crippen LogP contribution in [0, 0.1) is 11.3 Å². The van der Waals surface area contributed by atoms with E-state index in [0.717, 1.165) is 0 Å². The van der Waals surface area contributed by atoms with Crippen molar-refractivity contribution in [1.29, 1.82) is 5.26 Å². The predicted molar refractivity (Wildman–Crippen MR) is 32.6 cm³/mol. The molecule has 1 atom stereocenters. The number of hydrogen-bond acceptors (Lipinski definition) is 3. The Morgan fingerprint density at radius 2 is 2.22 bits per heavy atom. The molecule has 0 aromatic rings. The average Bonchev–Trinajstić information content (AvgIpc) is 1.89. The molecule has 52 valence electrons. The summed E-state index contributed by atoms with van der Waals surface area (Å²) in [6.07, 6.45) is 0.998. The van der Waals surface area contributed by atoms with Gasteiger partial charge in [-0.25, -0.2) is 0 Å². The van der Waals surface area contributed by atoms with E-state index in [-0.39, 0.29) is 6.61 Å². The van der Waals surface area contributed by atoms with Gasteiger partial charge in [0.1, 0.15) is 0 Å². The second-order valence-electron chi connectivity index (χ2n) is 1.89. The zero-order chi connectivity index (χ0) is 7.11. The standard InChI is InChI=1S/C6H11NO2/c7-4-2-1-3-6(9)5-8/h6,8-9H,1-3,5H2/t6-/m0/s1. The van der Waals surface area contributed by atoms with Gasteiger partial charge in [0.15, 0.2) is 0 Å².